The lowest BCUT2D eigenvalue weighted by Gasteiger charge is -2.06. The van der Waals surface area contributed by atoms with Crippen molar-refractivity contribution >= 4 is 17.5 Å². The van der Waals surface area contributed by atoms with E-state index in [0.717, 1.165) is 5.75 Å². The second kappa shape index (κ2) is 5.96. The third-order valence-corrected chi connectivity index (χ3v) is 3.09. The number of carbonyl (C=O) groups is 1. The standard InChI is InChI=1S/C13H18OS/c1-10-4-5-11(2)12(8-10)9-13(14)6-7-15-3/h4-5,8H,6-7,9H2,1-3H3. The van der Waals surface area contributed by atoms with Crippen LogP contribution in [0.4, 0.5) is 0 Å². The van der Waals surface area contributed by atoms with Gasteiger partial charge in [0.15, 0.2) is 0 Å². The Morgan fingerprint density at radius 1 is 1.33 bits per heavy atom. The number of rotatable bonds is 5. The first-order chi connectivity index (χ1) is 7.13. The van der Waals surface area contributed by atoms with E-state index in [1.807, 2.05) is 6.26 Å². The Kier molecular flexibility index (Phi) is 4.89. The van der Waals surface area contributed by atoms with Crippen molar-refractivity contribution in [1.29, 1.82) is 0 Å². The van der Waals surface area contributed by atoms with Crippen molar-refractivity contribution in [3.8, 4) is 0 Å². The fraction of sp³-hybridized carbons (Fsp3) is 0.462. The van der Waals surface area contributed by atoms with E-state index in [4.69, 9.17) is 0 Å². The molecule has 0 aliphatic heterocycles. The molecule has 0 atom stereocenters. The Morgan fingerprint density at radius 3 is 2.73 bits per heavy atom. The summed E-state index contributed by atoms with van der Waals surface area (Å²) in [6.07, 6.45) is 3.31. The molecule has 2 heteroatoms. The van der Waals surface area contributed by atoms with Crippen molar-refractivity contribution in [2.24, 2.45) is 0 Å². The van der Waals surface area contributed by atoms with Crippen LogP contribution in [0.15, 0.2) is 18.2 Å². The van der Waals surface area contributed by atoms with E-state index in [0.29, 0.717) is 18.6 Å². The summed E-state index contributed by atoms with van der Waals surface area (Å²) in [5.41, 5.74) is 3.63. The maximum Gasteiger partial charge on any atom is 0.138 e. The minimum Gasteiger partial charge on any atom is -0.299 e. The van der Waals surface area contributed by atoms with Crippen LogP contribution in [0.1, 0.15) is 23.1 Å². The summed E-state index contributed by atoms with van der Waals surface area (Å²) in [4.78, 5) is 11.6. The largest absolute Gasteiger partial charge is 0.299 e. The van der Waals surface area contributed by atoms with E-state index >= 15 is 0 Å². The fourth-order valence-corrected chi connectivity index (χ4v) is 1.94. The van der Waals surface area contributed by atoms with Crippen LogP contribution >= 0.6 is 11.8 Å². The van der Waals surface area contributed by atoms with Crippen molar-refractivity contribution < 1.29 is 4.79 Å². The average Bonchev–Trinajstić information content (AvgIpc) is 2.20. The minimum atomic E-state index is 0.345. The second-order valence-electron chi connectivity index (χ2n) is 3.89. The quantitative estimate of drug-likeness (QED) is 0.761. The lowest BCUT2D eigenvalue weighted by atomic mass is 10.0. The Hall–Kier alpha value is -0.760. The molecule has 1 nitrogen and oxygen atoms in total. The highest BCUT2D eigenvalue weighted by molar-refractivity contribution is 7.98. The fourth-order valence-electron chi connectivity index (χ4n) is 1.51. The highest BCUT2D eigenvalue weighted by atomic mass is 32.2. The number of hydrogen-bond acceptors (Lipinski definition) is 2. The number of aryl methyl sites for hydroxylation is 2. The molecule has 0 fully saturated rings. The first kappa shape index (κ1) is 12.3. The van der Waals surface area contributed by atoms with Gasteiger partial charge in [0, 0.05) is 12.8 Å². The Balaban J connectivity index is 2.63. The van der Waals surface area contributed by atoms with Crippen molar-refractivity contribution in [2.45, 2.75) is 26.7 Å². The van der Waals surface area contributed by atoms with Gasteiger partial charge in [-0.05, 0) is 37.0 Å². The van der Waals surface area contributed by atoms with Gasteiger partial charge in [-0.1, -0.05) is 23.8 Å². The van der Waals surface area contributed by atoms with Gasteiger partial charge >= 0.3 is 0 Å². The van der Waals surface area contributed by atoms with Crippen LogP contribution in [0.3, 0.4) is 0 Å². The number of thioether (sulfide) groups is 1. The van der Waals surface area contributed by atoms with E-state index in [9.17, 15) is 4.79 Å². The molecule has 0 amide bonds. The first-order valence-electron chi connectivity index (χ1n) is 5.20. The second-order valence-corrected chi connectivity index (χ2v) is 4.87. The molecule has 0 aromatic heterocycles. The SMILES string of the molecule is CSCCC(=O)Cc1cc(C)ccc1C. The van der Waals surface area contributed by atoms with Crippen molar-refractivity contribution in [1.82, 2.24) is 0 Å². The van der Waals surface area contributed by atoms with Gasteiger partial charge in [-0.25, -0.2) is 0 Å². The summed E-state index contributed by atoms with van der Waals surface area (Å²) >= 11 is 1.73. The van der Waals surface area contributed by atoms with Crippen molar-refractivity contribution in [3.05, 3.63) is 34.9 Å². The Labute approximate surface area is 96.3 Å². The van der Waals surface area contributed by atoms with Crippen LogP contribution in [0.25, 0.3) is 0 Å². The zero-order chi connectivity index (χ0) is 11.3. The van der Waals surface area contributed by atoms with E-state index in [1.165, 1.54) is 16.7 Å². The summed E-state index contributed by atoms with van der Waals surface area (Å²) in [5.74, 6) is 1.28. The van der Waals surface area contributed by atoms with Gasteiger partial charge in [0.2, 0.25) is 0 Å². The van der Waals surface area contributed by atoms with Gasteiger partial charge in [-0.15, -0.1) is 0 Å². The molecule has 1 aromatic rings. The van der Waals surface area contributed by atoms with E-state index in [-0.39, 0.29) is 0 Å². The number of hydrogen-bond donors (Lipinski definition) is 0. The molecule has 0 saturated heterocycles. The molecule has 0 unspecified atom stereocenters. The average molecular weight is 222 g/mol. The lowest BCUT2D eigenvalue weighted by molar-refractivity contribution is -0.118. The molecule has 0 saturated carbocycles. The van der Waals surface area contributed by atoms with Crippen molar-refractivity contribution in [2.75, 3.05) is 12.0 Å². The predicted molar refractivity (Wildman–Crippen MR) is 67.6 cm³/mol. The maximum absolute atomic E-state index is 11.6. The van der Waals surface area contributed by atoms with Crippen LogP contribution in [0, 0.1) is 13.8 Å². The van der Waals surface area contributed by atoms with Gasteiger partial charge in [0.05, 0.1) is 0 Å². The zero-order valence-corrected chi connectivity index (χ0v) is 10.5. The van der Waals surface area contributed by atoms with Crippen LogP contribution < -0.4 is 0 Å². The molecule has 0 aliphatic rings. The molecule has 1 rings (SSSR count). The topological polar surface area (TPSA) is 17.1 Å². The molecule has 0 radical (unpaired) electrons. The minimum absolute atomic E-state index is 0.345. The smallest absolute Gasteiger partial charge is 0.138 e. The third-order valence-electron chi connectivity index (χ3n) is 2.48. The summed E-state index contributed by atoms with van der Waals surface area (Å²) < 4.78 is 0. The van der Waals surface area contributed by atoms with Gasteiger partial charge in [-0.3, -0.25) is 4.79 Å². The molecule has 0 heterocycles. The van der Waals surface area contributed by atoms with Crippen LogP contribution in [0.5, 0.6) is 0 Å². The summed E-state index contributed by atoms with van der Waals surface area (Å²) in [5, 5.41) is 0. The van der Waals surface area contributed by atoms with E-state index < -0.39 is 0 Å². The van der Waals surface area contributed by atoms with E-state index in [2.05, 4.69) is 32.0 Å². The number of benzene rings is 1. The summed E-state index contributed by atoms with van der Waals surface area (Å²) in [6, 6.07) is 6.30. The van der Waals surface area contributed by atoms with Crippen LogP contribution in [-0.4, -0.2) is 17.8 Å². The van der Waals surface area contributed by atoms with Gasteiger partial charge < -0.3 is 0 Å². The highest BCUT2D eigenvalue weighted by Gasteiger charge is 2.05. The molecule has 1 aromatic carbocycles. The monoisotopic (exact) mass is 222 g/mol. The van der Waals surface area contributed by atoms with Gasteiger partial charge in [0.25, 0.3) is 0 Å². The number of ketones is 1. The third kappa shape index (κ3) is 4.08. The Bertz CT molecular complexity index is 344. The molecule has 0 aliphatic carbocycles. The molecular weight excluding hydrogens is 204 g/mol. The highest BCUT2D eigenvalue weighted by Crippen LogP contribution is 2.12. The summed E-state index contributed by atoms with van der Waals surface area (Å²) in [6.45, 7) is 4.13. The van der Waals surface area contributed by atoms with Crippen molar-refractivity contribution in [3.63, 3.8) is 0 Å². The molecule has 15 heavy (non-hydrogen) atoms. The molecule has 0 spiro atoms. The van der Waals surface area contributed by atoms with E-state index in [1.54, 1.807) is 11.8 Å². The molecule has 0 N–H and O–H groups in total. The Morgan fingerprint density at radius 2 is 2.07 bits per heavy atom. The van der Waals surface area contributed by atoms with Crippen LogP contribution in [0.2, 0.25) is 0 Å². The normalized spacial score (nSPS) is 10.3. The van der Waals surface area contributed by atoms with Gasteiger partial charge in [0.1, 0.15) is 5.78 Å². The molecular formula is C13H18OS. The number of Topliss-reactive ketones (excluding diaryl/α,β-unsaturated/α-hetero) is 1. The predicted octanol–water partition coefficient (Wildman–Crippen LogP) is 3.17. The first-order valence-corrected chi connectivity index (χ1v) is 6.59. The molecule has 82 valence electrons. The lowest BCUT2D eigenvalue weighted by Crippen LogP contribution is -2.05. The summed E-state index contributed by atoms with van der Waals surface area (Å²) in [7, 11) is 0. The zero-order valence-electron chi connectivity index (χ0n) is 9.67. The van der Waals surface area contributed by atoms with Crippen LogP contribution in [-0.2, 0) is 11.2 Å². The van der Waals surface area contributed by atoms with Gasteiger partial charge in [-0.2, -0.15) is 11.8 Å². The maximum atomic E-state index is 11.6. The molecule has 0 bridgehead atoms. The number of carbonyl (C=O) groups excluding carboxylic acids is 1.